The van der Waals surface area contributed by atoms with Crippen LogP contribution >= 0.6 is 23.4 Å². The van der Waals surface area contributed by atoms with Crippen LogP contribution in [0, 0.1) is 5.82 Å². The van der Waals surface area contributed by atoms with E-state index in [-0.39, 0.29) is 17.5 Å². The van der Waals surface area contributed by atoms with E-state index >= 15 is 0 Å². The van der Waals surface area contributed by atoms with Crippen molar-refractivity contribution in [1.82, 2.24) is 14.8 Å². The molecule has 0 atom stereocenters. The van der Waals surface area contributed by atoms with Gasteiger partial charge in [-0.15, -0.1) is 10.2 Å². The molecule has 0 saturated carbocycles. The van der Waals surface area contributed by atoms with Crippen LogP contribution in [0.4, 0.5) is 10.1 Å². The number of hydrogen-bond donors (Lipinski definition) is 1. The fourth-order valence-corrected chi connectivity index (χ4v) is 3.80. The van der Waals surface area contributed by atoms with Gasteiger partial charge in [-0.1, -0.05) is 59.8 Å². The van der Waals surface area contributed by atoms with Gasteiger partial charge in [-0.25, -0.2) is 4.39 Å². The number of nitrogens with one attached hydrogen (secondary N) is 1. The van der Waals surface area contributed by atoms with Crippen molar-refractivity contribution in [2.75, 3.05) is 11.1 Å². The molecule has 4 rings (SSSR count). The van der Waals surface area contributed by atoms with Gasteiger partial charge in [-0.3, -0.25) is 9.36 Å². The second-order valence-electron chi connectivity index (χ2n) is 6.33. The molecule has 30 heavy (non-hydrogen) atoms. The predicted octanol–water partition coefficient (Wildman–Crippen LogP) is 5.46. The smallest absolute Gasteiger partial charge is 0.234 e. The van der Waals surface area contributed by atoms with E-state index < -0.39 is 0 Å². The van der Waals surface area contributed by atoms with E-state index in [4.69, 9.17) is 11.6 Å². The molecule has 0 spiro atoms. The summed E-state index contributed by atoms with van der Waals surface area (Å²) < 4.78 is 15.2. The van der Waals surface area contributed by atoms with Crippen LogP contribution in [0.3, 0.4) is 0 Å². The zero-order valence-electron chi connectivity index (χ0n) is 15.6. The summed E-state index contributed by atoms with van der Waals surface area (Å²) >= 11 is 7.20. The van der Waals surface area contributed by atoms with E-state index in [1.807, 2.05) is 34.9 Å². The predicted molar refractivity (Wildman–Crippen MR) is 118 cm³/mol. The van der Waals surface area contributed by atoms with Gasteiger partial charge in [0.25, 0.3) is 0 Å². The molecule has 1 aromatic heterocycles. The van der Waals surface area contributed by atoms with Crippen LogP contribution in [-0.2, 0) is 4.79 Å². The highest BCUT2D eigenvalue weighted by atomic mass is 35.5. The van der Waals surface area contributed by atoms with Crippen LogP contribution in [-0.4, -0.2) is 26.4 Å². The van der Waals surface area contributed by atoms with Gasteiger partial charge < -0.3 is 5.32 Å². The number of amides is 1. The Balaban J connectivity index is 1.59. The maximum absolute atomic E-state index is 13.4. The highest BCUT2D eigenvalue weighted by Crippen LogP contribution is 2.28. The van der Waals surface area contributed by atoms with Crippen LogP contribution in [0.25, 0.3) is 17.1 Å². The van der Waals surface area contributed by atoms with Crippen molar-refractivity contribution in [2.24, 2.45) is 0 Å². The summed E-state index contributed by atoms with van der Waals surface area (Å²) in [6.45, 7) is 0. The Bertz CT molecular complexity index is 1170. The fourth-order valence-electron chi connectivity index (χ4n) is 2.85. The lowest BCUT2D eigenvalue weighted by atomic mass is 10.2. The van der Waals surface area contributed by atoms with E-state index in [1.165, 1.54) is 23.9 Å². The largest absolute Gasteiger partial charge is 0.325 e. The second kappa shape index (κ2) is 9.11. The molecular weight excluding hydrogens is 423 g/mol. The molecule has 1 heterocycles. The van der Waals surface area contributed by atoms with Crippen LogP contribution in [0.1, 0.15) is 0 Å². The maximum Gasteiger partial charge on any atom is 0.234 e. The molecule has 1 N–H and O–H groups in total. The molecule has 150 valence electrons. The molecule has 0 fully saturated rings. The number of carbonyl (C=O) groups excluding carboxylic acids is 1. The first-order valence-electron chi connectivity index (χ1n) is 9.05. The molecule has 0 aliphatic heterocycles. The van der Waals surface area contributed by atoms with Crippen molar-refractivity contribution < 1.29 is 9.18 Å². The van der Waals surface area contributed by atoms with Crippen molar-refractivity contribution in [3.63, 3.8) is 0 Å². The summed E-state index contributed by atoms with van der Waals surface area (Å²) in [6, 6.07) is 22.6. The highest BCUT2D eigenvalue weighted by Gasteiger charge is 2.17. The average Bonchev–Trinajstić information content (AvgIpc) is 3.17. The van der Waals surface area contributed by atoms with E-state index in [0.717, 1.165) is 5.56 Å². The fraction of sp³-hybridized carbons (Fsp3) is 0.0455. The van der Waals surface area contributed by atoms with Gasteiger partial charge in [-0.2, -0.15) is 0 Å². The van der Waals surface area contributed by atoms with Crippen LogP contribution in [0.2, 0.25) is 5.02 Å². The lowest BCUT2D eigenvalue weighted by Gasteiger charge is -2.10. The van der Waals surface area contributed by atoms with E-state index in [0.29, 0.717) is 27.4 Å². The molecule has 0 radical (unpaired) electrons. The van der Waals surface area contributed by atoms with Gasteiger partial charge in [0.15, 0.2) is 11.0 Å². The number of carbonyl (C=O) groups is 1. The lowest BCUT2D eigenvalue weighted by molar-refractivity contribution is -0.113. The number of benzene rings is 3. The molecular formula is C22H16ClFN4OS. The minimum atomic E-state index is -0.330. The second-order valence-corrected chi connectivity index (χ2v) is 7.71. The number of halogens is 2. The third kappa shape index (κ3) is 4.69. The molecule has 0 aliphatic rings. The number of hydrogen-bond acceptors (Lipinski definition) is 4. The van der Waals surface area contributed by atoms with E-state index in [2.05, 4.69) is 15.5 Å². The molecule has 0 saturated heterocycles. The number of thioether (sulfide) groups is 1. The first-order valence-corrected chi connectivity index (χ1v) is 10.4. The third-order valence-electron chi connectivity index (χ3n) is 4.19. The summed E-state index contributed by atoms with van der Waals surface area (Å²) in [5.74, 6) is 0.209. The zero-order chi connectivity index (χ0) is 20.9. The Hall–Kier alpha value is -3.16. The van der Waals surface area contributed by atoms with Crippen molar-refractivity contribution in [3.8, 4) is 17.1 Å². The lowest BCUT2D eigenvalue weighted by Crippen LogP contribution is -2.14. The molecule has 0 aliphatic carbocycles. The standard InChI is InChI=1S/C22H16ClFN4OS/c23-16-7-4-8-18(13-16)25-20(29)14-30-22-27-26-21(15-5-2-1-3-6-15)28(22)19-11-9-17(24)10-12-19/h1-13H,14H2,(H,25,29). The Labute approximate surface area is 181 Å². The van der Waals surface area contributed by atoms with E-state index in [1.54, 1.807) is 36.4 Å². The quantitative estimate of drug-likeness (QED) is 0.406. The van der Waals surface area contributed by atoms with Crippen molar-refractivity contribution in [1.29, 1.82) is 0 Å². The van der Waals surface area contributed by atoms with Crippen molar-refractivity contribution in [3.05, 3.63) is 89.7 Å². The average molecular weight is 439 g/mol. The first-order chi connectivity index (χ1) is 14.6. The van der Waals surface area contributed by atoms with Gasteiger partial charge in [0.05, 0.1) is 5.75 Å². The Morgan fingerprint density at radius 2 is 1.77 bits per heavy atom. The summed E-state index contributed by atoms with van der Waals surface area (Å²) in [6.07, 6.45) is 0. The van der Waals surface area contributed by atoms with Crippen molar-refractivity contribution in [2.45, 2.75) is 5.16 Å². The molecule has 8 heteroatoms. The van der Waals surface area contributed by atoms with Gasteiger partial charge >= 0.3 is 0 Å². The number of anilines is 1. The first kappa shape index (κ1) is 20.1. The molecule has 3 aromatic carbocycles. The van der Waals surface area contributed by atoms with Crippen LogP contribution < -0.4 is 5.32 Å². The topological polar surface area (TPSA) is 59.8 Å². The zero-order valence-corrected chi connectivity index (χ0v) is 17.2. The molecule has 5 nitrogen and oxygen atoms in total. The van der Waals surface area contributed by atoms with Gasteiger partial charge in [0.2, 0.25) is 5.91 Å². The Kier molecular flexibility index (Phi) is 6.11. The van der Waals surface area contributed by atoms with E-state index in [9.17, 15) is 9.18 Å². The normalized spacial score (nSPS) is 10.7. The molecule has 0 unspecified atom stereocenters. The summed E-state index contributed by atoms with van der Waals surface area (Å²) in [5.41, 5.74) is 2.20. The number of nitrogens with zero attached hydrogens (tertiary/aromatic N) is 3. The van der Waals surface area contributed by atoms with Crippen molar-refractivity contribution >= 4 is 35.0 Å². The number of rotatable bonds is 6. The minimum Gasteiger partial charge on any atom is -0.325 e. The Morgan fingerprint density at radius 3 is 2.50 bits per heavy atom. The summed E-state index contributed by atoms with van der Waals surface area (Å²) in [7, 11) is 0. The Morgan fingerprint density at radius 1 is 1.00 bits per heavy atom. The third-order valence-corrected chi connectivity index (χ3v) is 5.35. The van der Waals surface area contributed by atoms with Gasteiger partial charge in [0.1, 0.15) is 5.82 Å². The van der Waals surface area contributed by atoms with Crippen LogP contribution in [0.5, 0.6) is 0 Å². The SMILES string of the molecule is O=C(CSc1nnc(-c2ccccc2)n1-c1ccc(F)cc1)Nc1cccc(Cl)c1. The number of aromatic nitrogens is 3. The van der Waals surface area contributed by atoms with Gasteiger partial charge in [0, 0.05) is 22.0 Å². The highest BCUT2D eigenvalue weighted by molar-refractivity contribution is 7.99. The summed E-state index contributed by atoms with van der Waals surface area (Å²) in [5, 5.41) is 12.5. The monoisotopic (exact) mass is 438 g/mol. The maximum atomic E-state index is 13.4. The molecule has 4 aromatic rings. The van der Waals surface area contributed by atoms with Crippen LogP contribution in [0.15, 0.2) is 84.0 Å². The molecule has 0 bridgehead atoms. The molecule has 1 amide bonds. The summed E-state index contributed by atoms with van der Waals surface area (Å²) in [4.78, 5) is 12.4. The van der Waals surface area contributed by atoms with Gasteiger partial charge in [-0.05, 0) is 42.5 Å². The minimum absolute atomic E-state index is 0.126.